The van der Waals surface area contributed by atoms with Gasteiger partial charge in [-0.3, -0.25) is 9.59 Å². The quantitative estimate of drug-likeness (QED) is 0.607. The number of rotatable bonds is 2. The average Bonchev–Trinajstić information content (AvgIpc) is 2.11. The second kappa shape index (κ2) is 5.45. The lowest BCUT2D eigenvalue weighted by molar-refractivity contribution is -0.132. The smallest absolute Gasteiger partial charge is 0.308 e. The van der Waals surface area contributed by atoms with E-state index in [9.17, 15) is 9.59 Å². The number of carbonyl (C=O) groups excluding carboxylic acids is 2. The summed E-state index contributed by atoms with van der Waals surface area (Å²) in [4.78, 5) is 21.6. The van der Waals surface area contributed by atoms with Gasteiger partial charge in [0.1, 0.15) is 11.5 Å². The standard InChI is InChI=1S/C10H8Br2O4/c1-5(13)15-9-4-10(16-6(2)14)8(12)3-7(9)11/h3-4H,1-2H3. The molecular formula is C10H8Br2O4. The minimum absolute atomic E-state index is 0.298. The molecule has 0 aliphatic rings. The molecule has 0 aliphatic carbocycles. The third-order valence-corrected chi connectivity index (χ3v) is 2.73. The maximum absolute atomic E-state index is 10.8. The van der Waals surface area contributed by atoms with Gasteiger partial charge in [-0.05, 0) is 37.9 Å². The van der Waals surface area contributed by atoms with Crippen molar-refractivity contribution in [3.8, 4) is 11.5 Å². The molecule has 86 valence electrons. The van der Waals surface area contributed by atoms with Crippen molar-refractivity contribution in [2.24, 2.45) is 0 Å². The van der Waals surface area contributed by atoms with Gasteiger partial charge in [-0.25, -0.2) is 0 Å². The van der Waals surface area contributed by atoms with Gasteiger partial charge >= 0.3 is 11.9 Å². The predicted molar refractivity (Wildman–Crippen MR) is 64.5 cm³/mol. The van der Waals surface area contributed by atoms with Crippen molar-refractivity contribution >= 4 is 43.8 Å². The average molecular weight is 352 g/mol. The fraction of sp³-hybridized carbons (Fsp3) is 0.200. The van der Waals surface area contributed by atoms with Crippen molar-refractivity contribution in [2.45, 2.75) is 13.8 Å². The molecule has 6 heteroatoms. The number of carbonyl (C=O) groups is 2. The topological polar surface area (TPSA) is 52.6 Å². The molecule has 0 bridgehead atoms. The Kier molecular flexibility index (Phi) is 4.49. The number of hydrogen-bond acceptors (Lipinski definition) is 4. The van der Waals surface area contributed by atoms with E-state index in [2.05, 4.69) is 31.9 Å². The second-order valence-electron chi connectivity index (χ2n) is 2.90. The van der Waals surface area contributed by atoms with Crippen LogP contribution in [0.3, 0.4) is 0 Å². The Labute approximate surface area is 109 Å². The van der Waals surface area contributed by atoms with Crippen LogP contribution in [-0.2, 0) is 9.59 Å². The lowest BCUT2D eigenvalue weighted by atomic mass is 10.3. The minimum Gasteiger partial charge on any atom is -0.425 e. The monoisotopic (exact) mass is 350 g/mol. The largest absolute Gasteiger partial charge is 0.425 e. The van der Waals surface area contributed by atoms with Crippen LogP contribution in [0, 0.1) is 0 Å². The van der Waals surface area contributed by atoms with Gasteiger partial charge in [0.25, 0.3) is 0 Å². The van der Waals surface area contributed by atoms with Gasteiger partial charge in [0.15, 0.2) is 0 Å². The molecule has 4 nitrogen and oxygen atoms in total. The van der Waals surface area contributed by atoms with Crippen molar-refractivity contribution in [3.05, 3.63) is 21.1 Å². The van der Waals surface area contributed by atoms with Crippen molar-refractivity contribution in [1.82, 2.24) is 0 Å². The van der Waals surface area contributed by atoms with Crippen molar-refractivity contribution in [2.75, 3.05) is 0 Å². The van der Waals surface area contributed by atoms with Crippen molar-refractivity contribution in [3.63, 3.8) is 0 Å². The maximum atomic E-state index is 10.8. The Balaban J connectivity index is 3.10. The maximum Gasteiger partial charge on any atom is 0.308 e. The summed E-state index contributed by atoms with van der Waals surface area (Å²) in [7, 11) is 0. The van der Waals surface area contributed by atoms with E-state index in [0.717, 1.165) is 0 Å². The van der Waals surface area contributed by atoms with Crippen LogP contribution in [0.25, 0.3) is 0 Å². The Bertz CT molecular complexity index is 405. The molecule has 0 spiro atoms. The third kappa shape index (κ3) is 3.61. The molecule has 0 radical (unpaired) electrons. The highest BCUT2D eigenvalue weighted by Gasteiger charge is 2.11. The molecule has 0 unspecified atom stereocenters. The summed E-state index contributed by atoms with van der Waals surface area (Å²) in [6, 6.07) is 3.09. The summed E-state index contributed by atoms with van der Waals surface area (Å²) in [5.74, 6) is -0.299. The molecule has 1 rings (SSSR count). The van der Waals surface area contributed by atoms with E-state index >= 15 is 0 Å². The predicted octanol–water partition coefficient (Wildman–Crippen LogP) is 3.06. The lowest BCUT2D eigenvalue weighted by Gasteiger charge is -2.09. The molecule has 0 saturated carbocycles. The lowest BCUT2D eigenvalue weighted by Crippen LogP contribution is -2.05. The van der Waals surface area contributed by atoms with Crippen LogP contribution in [0.15, 0.2) is 21.1 Å². The fourth-order valence-corrected chi connectivity index (χ4v) is 2.13. The zero-order valence-electron chi connectivity index (χ0n) is 8.54. The number of hydrogen-bond donors (Lipinski definition) is 0. The van der Waals surface area contributed by atoms with E-state index < -0.39 is 11.9 Å². The molecule has 16 heavy (non-hydrogen) atoms. The minimum atomic E-state index is -0.447. The van der Waals surface area contributed by atoms with E-state index in [1.807, 2.05) is 0 Å². The van der Waals surface area contributed by atoms with E-state index in [0.29, 0.717) is 20.4 Å². The number of esters is 2. The zero-order valence-corrected chi connectivity index (χ0v) is 11.7. The van der Waals surface area contributed by atoms with Gasteiger partial charge in [-0.15, -0.1) is 0 Å². The van der Waals surface area contributed by atoms with Crippen LogP contribution in [0.1, 0.15) is 13.8 Å². The molecule has 0 amide bonds. The van der Waals surface area contributed by atoms with Crippen LogP contribution in [0.5, 0.6) is 11.5 Å². The number of ether oxygens (including phenoxy) is 2. The number of benzene rings is 1. The third-order valence-electron chi connectivity index (χ3n) is 1.49. The molecule has 0 fully saturated rings. The summed E-state index contributed by atoms with van der Waals surface area (Å²) >= 11 is 6.46. The SMILES string of the molecule is CC(=O)Oc1cc(OC(C)=O)c(Br)cc1Br. The molecule has 1 aromatic rings. The van der Waals surface area contributed by atoms with Gasteiger partial charge in [0, 0.05) is 19.9 Å². The molecule has 0 atom stereocenters. The first-order chi connectivity index (χ1) is 7.40. The Hall–Kier alpha value is -0.880. The summed E-state index contributed by atoms with van der Waals surface area (Å²) < 4.78 is 11.0. The van der Waals surface area contributed by atoms with Crippen molar-refractivity contribution in [1.29, 1.82) is 0 Å². The molecule has 0 aliphatic heterocycles. The second-order valence-corrected chi connectivity index (χ2v) is 4.61. The molecule has 0 aromatic heterocycles. The molecule has 1 aromatic carbocycles. The van der Waals surface area contributed by atoms with E-state index in [1.54, 1.807) is 6.07 Å². The van der Waals surface area contributed by atoms with Crippen LogP contribution >= 0.6 is 31.9 Å². The van der Waals surface area contributed by atoms with Crippen LogP contribution in [0.2, 0.25) is 0 Å². The van der Waals surface area contributed by atoms with Gasteiger partial charge in [-0.2, -0.15) is 0 Å². The van der Waals surface area contributed by atoms with Gasteiger partial charge in [-0.1, -0.05) is 0 Å². The van der Waals surface area contributed by atoms with Gasteiger partial charge in [0.2, 0.25) is 0 Å². The molecule has 0 heterocycles. The summed E-state index contributed by atoms with van der Waals surface area (Å²) in [6.45, 7) is 2.58. The number of halogens is 2. The van der Waals surface area contributed by atoms with E-state index in [-0.39, 0.29) is 0 Å². The summed E-state index contributed by atoms with van der Waals surface area (Å²) in [5, 5.41) is 0. The molecular weight excluding hydrogens is 344 g/mol. The first-order valence-electron chi connectivity index (χ1n) is 4.26. The van der Waals surface area contributed by atoms with Crippen LogP contribution in [0.4, 0.5) is 0 Å². The molecule has 0 saturated heterocycles. The highest BCUT2D eigenvalue weighted by Crippen LogP contribution is 2.36. The van der Waals surface area contributed by atoms with Crippen molar-refractivity contribution < 1.29 is 19.1 Å². The Morgan fingerprint density at radius 3 is 1.62 bits per heavy atom. The molecule has 0 N–H and O–H groups in total. The highest BCUT2D eigenvalue weighted by molar-refractivity contribution is 9.11. The van der Waals surface area contributed by atoms with Crippen LogP contribution < -0.4 is 9.47 Å². The van der Waals surface area contributed by atoms with Crippen LogP contribution in [-0.4, -0.2) is 11.9 Å². The zero-order chi connectivity index (χ0) is 12.3. The summed E-state index contributed by atoms with van der Waals surface area (Å²) in [5.41, 5.74) is 0. The highest BCUT2D eigenvalue weighted by atomic mass is 79.9. The fourth-order valence-electron chi connectivity index (χ4n) is 0.977. The Morgan fingerprint density at radius 2 is 1.31 bits per heavy atom. The Morgan fingerprint density at radius 1 is 0.938 bits per heavy atom. The first kappa shape index (κ1) is 13.2. The summed E-state index contributed by atoms with van der Waals surface area (Å²) in [6.07, 6.45) is 0. The van der Waals surface area contributed by atoms with Gasteiger partial charge in [0.05, 0.1) is 8.95 Å². The van der Waals surface area contributed by atoms with Gasteiger partial charge < -0.3 is 9.47 Å². The normalized spacial score (nSPS) is 9.75. The van der Waals surface area contributed by atoms with E-state index in [1.165, 1.54) is 19.9 Å². The van der Waals surface area contributed by atoms with E-state index in [4.69, 9.17) is 9.47 Å². The first-order valence-corrected chi connectivity index (χ1v) is 5.84.